The monoisotopic (exact) mass is 256 g/mol. The minimum atomic E-state index is -0.398. The molecule has 0 radical (unpaired) electrons. The molecule has 5 heteroatoms. The number of imide groups is 1. The van der Waals surface area contributed by atoms with Crippen LogP contribution in [0, 0.1) is 11.8 Å². The molecule has 2 saturated heterocycles. The summed E-state index contributed by atoms with van der Waals surface area (Å²) < 4.78 is 0. The predicted octanol–water partition coefficient (Wildman–Crippen LogP) is 0.428. The number of carbonyl (C=O) groups is 3. The maximum atomic E-state index is 12.3. The number of hydrogen-bond acceptors (Lipinski definition) is 3. The van der Waals surface area contributed by atoms with Gasteiger partial charge in [-0.05, 0) is 11.6 Å². The highest BCUT2D eigenvalue weighted by molar-refractivity contribution is 6.09. The van der Waals surface area contributed by atoms with Gasteiger partial charge in [0, 0.05) is 19.2 Å². The molecule has 3 amide bonds. The van der Waals surface area contributed by atoms with Gasteiger partial charge in [-0.15, -0.1) is 0 Å². The number of amides is 3. The van der Waals surface area contributed by atoms with Crippen LogP contribution in [0.3, 0.4) is 0 Å². The van der Waals surface area contributed by atoms with E-state index in [0.29, 0.717) is 12.1 Å². The van der Waals surface area contributed by atoms with Crippen molar-refractivity contribution in [1.82, 2.24) is 9.80 Å². The quantitative estimate of drug-likeness (QED) is 0.632. The summed E-state index contributed by atoms with van der Waals surface area (Å²) in [6.45, 7) is 0.359. The van der Waals surface area contributed by atoms with E-state index in [1.54, 1.807) is 11.0 Å². The molecular formula is C14H12N2O3. The van der Waals surface area contributed by atoms with Crippen LogP contribution < -0.4 is 0 Å². The van der Waals surface area contributed by atoms with Crippen LogP contribution in [-0.4, -0.2) is 41.1 Å². The van der Waals surface area contributed by atoms with E-state index in [2.05, 4.69) is 0 Å². The Balaban J connectivity index is 1.87. The topological polar surface area (TPSA) is 57.7 Å². The average molecular weight is 256 g/mol. The van der Waals surface area contributed by atoms with E-state index in [4.69, 9.17) is 0 Å². The molecule has 0 N–H and O–H groups in total. The van der Waals surface area contributed by atoms with E-state index in [1.807, 2.05) is 18.2 Å². The van der Waals surface area contributed by atoms with Crippen LogP contribution in [0.15, 0.2) is 24.3 Å². The smallest absolute Gasteiger partial charge is 0.254 e. The van der Waals surface area contributed by atoms with Crippen molar-refractivity contribution < 1.29 is 14.4 Å². The Kier molecular flexibility index (Phi) is 1.82. The zero-order valence-electron chi connectivity index (χ0n) is 10.4. The Bertz CT molecular complexity index is 639. The van der Waals surface area contributed by atoms with Gasteiger partial charge in [-0.3, -0.25) is 19.3 Å². The van der Waals surface area contributed by atoms with Gasteiger partial charge in [0.15, 0.2) is 0 Å². The lowest BCUT2D eigenvalue weighted by atomic mass is 9.88. The van der Waals surface area contributed by atoms with Gasteiger partial charge in [0.05, 0.1) is 17.9 Å². The summed E-state index contributed by atoms with van der Waals surface area (Å²) in [7, 11) is 1.52. The van der Waals surface area contributed by atoms with Gasteiger partial charge < -0.3 is 4.90 Å². The molecule has 0 unspecified atom stereocenters. The highest BCUT2D eigenvalue weighted by Gasteiger charge is 2.60. The number of rotatable bonds is 0. The summed E-state index contributed by atoms with van der Waals surface area (Å²) in [6.07, 6.45) is 0. The van der Waals surface area contributed by atoms with E-state index in [1.165, 1.54) is 11.9 Å². The van der Waals surface area contributed by atoms with Crippen molar-refractivity contribution in [3.8, 4) is 0 Å². The van der Waals surface area contributed by atoms with E-state index in [9.17, 15) is 14.4 Å². The van der Waals surface area contributed by atoms with Gasteiger partial charge in [-0.25, -0.2) is 0 Å². The van der Waals surface area contributed by atoms with Crippen molar-refractivity contribution in [2.75, 3.05) is 13.6 Å². The first-order valence-corrected chi connectivity index (χ1v) is 6.32. The molecule has 3 heterocycles. The highest BCUT2D eigenvalue weighted by Crippen LogP contribution is 2.50. The van der Waals surface area contributed by atoms with Crippen LogP contribution in [0.25, 0.3) is 0 Å². The fourth-order valence-corrected chi connectivity index (χ4v) is 3.65. The molecule has 3 atom stereocenters. The van der Waals surface area contributed by atoms with Crippen LogP contribution in [-0.2, 0) is 9.59 Å². The molecule has 0 spiro atoms. The molecule has 3 aliphatic rings. The molecule has 19 heavy (non-hydrogen) atoms. The second-order valence-corrected chi connectivity index (χ2v) is 5.36. The summed E-state index contributed by atoms with van der Waals surface area (Å²) in [6, 6.07) is 7.11. The average Bonchev–Trinajstić information content (AvgIpc) is 3.00. The zero-order valence-corrected chi connectivity index (χ0v) is 10.4. The number of benzene rings is 1. The van der Waals surface area contributed by atoms with Crippen LogP contribution >= 0.6 is 0 Å². The molecule has 0 bridgehead atoms. The third-order valence-electron chi connectivity index (χ3n) is 4.54. The Hall–Kier alpha value is -2.17. The highest BCUT2D eigenvalue weighted by atomic mass is 16.2. The summed E-state index contributed by atoms with van der Waals surface area (Å²) in [5.74, 6) is -1.13. The van der Waals surface area contributed by atoms with Crippen LogP contribution in [0.4, 0.5) is 0 Å². The largest absolute Gasteiger partial charge is 0.330 e. The lowest BCUT2D eigenvalue weighted by molar-refractivity contribution is -0.139. The number of hydrogen-bond donors (Lipinski definition) is 0. The maximum absolute atomic E-state index is 12.3. The fourth-order valence-electron chi connectivity index (χ4n) is 3.65. The third kappa shape index (κ3) is 1.08. The Labute approximate surface area is 109 Å². The molecule has 96 valence electrons. The number of likely N-dealkylation sites (tertiary alicyclic amines) is 1. The summed E-state index contributed by atoms with van der Waals surface area (Å²) in [5, 5.41) is 0. The number of nitrogens with zero attached hydrogens (tertiary/aromatic N) is 2. The minimum absolute atomic E-state index is 0.0572. The maximum Gasteiger partial charge on any atom is 0.254 e. The van der Waals surface area contributed by atoms with Crippen molar-refractivity contribution in [2.45, 2.75) is 6.04 Å². The van der Waals surface area contributed by atoms with E-state index < -0.39 is 5.92 Å². The molecule has 1 aromatic carbocycles. The SMILES string of the molecule is CN1C(=O)[C@H]2[C@H](CN3C(=O)c4ccccc4[C@@H]23)C1=O. The lowest BCUT2D eigenvalue weighted by Gasteiger charge is -2.20. The Morgan fingerprint density at radius 3 is 2.63 bits per heavy atom. The molecule has 1 aromatic rings. The first kappa shape index (κ1) is 10.7. The predicted molar refractivity (Wildman–Crippen MR) is 65.0 cm³/mol. The number of carbonyl (C=O) groups excluding carboxylic acids is 3. The van der Waals surface area contributed by atoms with Crippen LogP contribution in [0.2, 0.25) is 0 Å². The number of fused-ring (bicyclic) bond motifs is 5. The zero-order chi connectivity index (χ0) is 13.3. The van der Waals surface area contributed by atoms with Gasteiger partial charge in [0.2, 0.25) is 11.8 Å². The standard InChI is InChI=1S/C14H12N2O3/c1-15-12(17)9-6-16-11(10(9)14(15)19)7-4-2-3-5-8(7)13(16)18/h2-5,9-11H,6H2,1H3/t9-,10-,11-/m0/s1. The molecule has 5 nitrogen and oxygen atoms in total. The van der Waals surface area contributed by atoms with Gasteiger partial charge in [0.1, 0.15) is 0 Å². The second-order valence-electron chi connectivity index (χ2n) is 5.36. The second kappa shape index (κ2) is 3.23. The molecule has 3 aliphatic heterocycles. The van der Waals surface area contributed by atoms with Gasteiger partial charge >= 0.3 is 0 Å². The first-order chi connectivity index (χ1) is 9.11. The van der Waals surface area contributed by atoms with Crippen molar-refractivity contribution in [2.24, 2.45) is 11.8 Å². The van der Waals surface area contributed by atoms with E-state index in [-0.39, 0.29) is 29.7 Å². The Morgan fingerprint density at radius 1 is 1.11 bits per heavy atom. The van der Waals surface area contributed by atoms with Gasteiger partial charge in [0.25, 0.3) is 5.91 Å². The normalized spacial score (nSPS) is 31.8. The molecule has 0 saturated carbocycles. The van der Waals surface area contributed by atoms with Crippen molar-refractivity contribution in [3.05, 3.63) is 35.4 Å². The van der Waals surface area contributed by atoms with Crippen molar-refractivity contribution in [3.63, 3.8) is 0 Å². The minimum Gasteiger partial charge on any atom is -0.330 e. The fraction of sp³-hybridized carbons (Fsp3) is 0.357. The molecule has 4 rings (SSSR count). The lowest BCUT2D eigenvalue weighted by Crippen LogP contribution is -2.34. The van der Waals surface area contributed by atoms with Gasteiger partial charge in [-0.1, -0.05) is 18.2 Å². The summed E-state index contributed by atoms with van der Waals surface area (Å²) >= 11 is 0. The van der Waals surface area contributed by atoms with Crippen molar-refractivity contribution in [1.29, 1.82) is 0 Å². The van der Waals surface area contributed by atoms with Gasteiger partial charge in [-0.2, -0.15) is 0 Å². The third-order valence-corrected chi connectivity index (χ3v) is 4.54. The molecule has 0 aliphatic carbocycles. The summed E-state index contributed by atoms with van der Waals surface area (Å²) in [4.78, 5) is 39.4. The molecule has 2 fully saturated rings. The first-order valence-electron chi connectivity index (χ1n) is 6.32. The van der Waals surface area contributed by atoms with Crippen LogP contribution in [0.5, 0.6) is 0 Å². The molecular weight excluding hydrogens is 244 g/mol. The van der Waals surface area contributed by atoms with E-state index >= 15 is 0 Å². The van der Waals surface area contributed by atoms with Crippen molar-refractivity contribution >= 4 is 17.7 Å². The summed E-state index contributed by atoms with van der Waals surface area (Å²) in [5.41, 5.74) is 1.55. The molecule has 0 aromatic heterocycles. The van der Waals surface area contributed by atoms with E-state index in [0.717, 1.165) is 5.56 Å². The van der Waals surface area contributed by atoms with Crippen LogP contribution in [0.1, 0.15) is 22.0 Å². The Morgan fingerprint density at radius 2 is 1.84 bits per heavy atom.